The lowest BCUT2D eigenvalue weighted by Crippen LogP contribution is -2.54. The van der Waals surface area contributed by atoms with Gasteiger partial charge in [-0.3, -0.25) is 19.8 Å². The van der Waals surface area contributed by atoms with Crippen LogP contribution in [0.25, 0.3) is 6.08 Å². The van der Waals surface area contributed by atoms with Gasteiger partial charge in [-0.05, 0) is 82.8 Å². The molecule has 0 saturated carbocycles. The van der Waals surface area contributed by atoms with E-state index in [0.717, 1.165) is 8.47 Å². The Balaban J connectivity index is 2.02. The van der Waals surface area contributed by atoms with Crippen LogP contribution < -0.4 is 19.7 Å². The van der Waals surface area contributed by atoms with Crippen molar-refractivity contribution in [3.8, 4) is 11.5 Å². The highest BCUT2D eigenvalue weighted by atomic mass is 127. The third kappa shape index (κ3) is 4.14. The zero-order valence-corrected chi connectivity index (χ0v) is 18.7. The second kappa shape index (κ2) is 8.79. The molecule has 1 aliphatic heterocycles. The highest BCUT2D eigenvalue weighted by Gasteiger charge is 2.34. The van der Waals surface area contributed by atoms with Crippen LogP contribution in [0.1, 0.15) is 15.9 Å². The van der Waals surface area contributed by atoms with Gasteiger partial charge in [0.1, 0.15) is 5.57 Å². The van der Waals surface area contributed by atoms with Crippen LogP contribution in [0.5, 0.6) is 11.5 Å². The normalized spacial score (nSPS) is 15.2. The number of benzene rings is 2. The molecule has 0 aliphatic carbocycles. The smallest absolute Gasteiger partial charge is 0.335 e. The van der Waals surface area contributed by atoms with Crippen molar-refractivity contribution < 1.29 is 29.0 Å². The maximum Gasteiger partial charge on any atom is 0.335 e. The Kier molecular flexibility index (Phi) is 6.37. The van der Waals surface area contributed by atoms with Crippen molar-refractivity contribution in [3.63, 3.8) is 0 Å². The van der Waals surface area contributed by atoms with E-state index in [9.17, 15) is 14.4 Å². The SMILES string of the molecule is COc1cc(/C=C2\C(=O)NC(=S)N(c3ccc(C(=O)O)cc3)C2=O)cc(I)c1OC. The lowest BCUT2D eigenvalue weighted by atomic mass is 10.1. The van der Waals surface area contributed by atoms with Gasteiger partial charge in [0, 0.05) is 0 Å². The fourth-order valence-electron chi connectivity index (χ4n) is 2.83. The molecule has 0 spiro atoms. The number of aromatic carboxylic acids is 1. The zero-order valence-electron chi connectivity index (χ0n) is 15.8. The summed E-state index contributed by atoms with van der Waals surface area (Å²) in [5.74, 6) is -1.35. The molecule has 1 saturated heterocycles. The largest absolute Gasteiger partial charge is 0.493 e. The van der Waals surface area contributed by atoms with Crippen LogP contribution in [0.3, 0.4) is 0 Å². The van der Waals surface area contributed by atoms with Gasteiger partial charge < -0.3 is 14.6 Å². The fraction of sp³-hybridized carbons (Fsp3) is 0.100. The van der Waals surface area contributed by atoms with E-state index in [0.29, 0.717) is 22.7 Å². The zero-order chi connectivity index (χ0) is 22.0. The molecule has 1 heterocycles. The van der Waals surface area contributed by atoms with E-state index < -0.39 is 17.8 Å². The van der Waals surface area contributed by atoms with Gasteiger partial charge in [0.2, 0.25) is 0 Å². The average molecular weight is 538 g/mol. The Morgan fingerprint density at radius 3 is 2.40 bits per heavy atom. The van der Waals surface area contributed by atoms with E-state index in [1.807, 2.05) is 0 Å². The minimum Gasteiger partial charge on any atom is -0.493 e. The highest BCUT2D eigenvalue weighted by molar-refractivity contribution is 14.1. The minimum absolute atomic E-state index is 0.0637. The Hall–Kier alpha value is -2.99. The summed E-state index contributed by atoms with van der Waals surface area (Å²) in [6.45, 7) is 0. The van der Waals surface area contributed by atoms with Gasteiger partial charge in [-0.1, -0.05) is 0 Å². The number of ether oxygens (including phenoxy) is 2. The van der Waals surface area contributed by atoms with Crippen LogP contribution in [0, 0.1) is 3.57 Å². The molecule has 2 amide bonds. The topological polar surface area (TPSA) is 105 Å². The number of anilines is 1. The molecule has 1 fully saturated rings. The predicted molar refractivity (Wildman–Crippen MR) is 122 cm³/mol. The summed E-state index contributed by atoms with van der Waals surface area (Å²) in [7, 11) is 3.01. The molecule has 0 radical (unpaired) electrons. The molecule has 0 aromatic heterocycles. The molecular weight excluding hydrogens is 523 g/mol. The van der Waals surface area contributed by atoms with Crippen molar-refractivity contribution in [2.45, 2.75) is 0 Å². The summed E-state index contributed by atoms with van der Waals surface area (Å²) in [4.78, 5) is 37.7. The van der Waals surface area contributed by atoms with Crippen LogP contribution in [0.2, 0.25) is 0 Å². The number of hydrogen-bond acceptors (Lipinski definition) is 6. The van der Waals surface area contributed by atoms with Gasteiger partial charge in [-0.2, -0.15) is 0 Å². The number of carbonyl (C=O) groups excluding carboxylic acids is 2. The monoisotopic (exact) mass is 538 g/mol. The van der Waals surface area contributed by atoms with Gasteiger partial charge >= 0.3 is 5.97 Å². The van der Waals surface area contributed by atoms with Crippen LogP contribution in [0.15, 0.2) is 42.0 Å². The van der Waals surface area contributed by atoms with Crippen molar-refractivity contribution in [1.82, 2.24) is 5.32 Å². The van der Waals surface area contributed by atoms with Gasteiger partial charge in [0.25, 0.3) is 11.8 Å². The molecule has 3 rings (SSSR count). The molecule has 1 aliphatic rings. The van der Waals surface area contributed by atoms with E-state index >= 15 is 0 Å². The van der Waals surface area contributed by atoms with E-state index in [-0.39, 0.29) is 16.2 Å². The van der Waals surface area contributed by atoms with Crippen LogP contribution >= 0.6 is 34.8 Å². The van der Waals surface area contributed by atoms with Crippen molar-refractivity contribution in [1.29, 1.82) is 0 Å². The molecule has 0 unspecified atom stereocenters. The first-order chi connectivity index (χ1) is 14.3. The maximum absolute atomic E-state index is 13.1. The quantitative estimate of drug-likeness (QED) is 0.261. The number of nitrogens with one attached hydrogen (secondary N) is 1. The maximum atomic E-state index is 13.1. The van der Waals surface area contributed by atoms with Crippen LogP contribution in [0.4, 0.5) is 5.69 Å². The molecule has 8 nitrogen and oxygen atoms in total. The molecule has 0 atom stereocenters. The first-order valence-electron chi connectivity index (χ1n) is 8.43. The number of methoxy groups -OCH3 is 2. The summed E-state index contributed by atoms with van der Waals surface area (Å²) in [5, 5.41) is 11.4. The van der Waals surface area contributed by atoms with E-state index in [4.69, 9.17) is 26.8 Å². The number of thiocarbonyl (C=S) groups is 1. The van der Waals surface area contributed by atoms with Crippen molar-refractivity contribution >= 4 is 69.5 Å². The van der Waals surface area contributed by atoms with Crippen LogP contribution in [-0.4, -0.2) is 42.2 Å². The van der Waals surface area contributed by atoms with Crippen molar-refractivity contribution in [3.05, 3.63) is 56.7 Å². The molecule has 30 heavy (non-hydrogen) atoms. The lowest BCUT2D eigenvalue weighted by Gasteiger charge is -2.29. The number of amides is 2. The van der Waals surface area contributed by atoms with E-state index in [1.54, 1.807) is 12.1 Å². The summed E-state index contributed by atoms with van der Waals surface area (Å²) < 4.78 is 11.4. The number of nitrogens with zero attached hydrogens (tertiary/aromatic N) is 1. The Bertz CT molecular complexity index is 1100. The average Bonchev–Trinajstić information content (AvgIpc) is 2.70. The number of halogens is 1. The Labute approximate surface area is 190 Å². The minimum atomic E-state index is -1.09. The first kappa shape index (κ1) is 21.7. The van der Waals surface area contributed by atoms with Gasteiger partial charge in [-0.15, -0.1) is 0 Å². The van der Waals surface area contributed by atoms with Crippen molar-refractivity contribution in [2.75, 3.05) is 19.1 Å². The van der Waals surface area contributed by atoms with Gasteiger partial charge in [-0.25, -0.2) is 4.79 Å². The first-order valence-corrected chi connectivity index (χ1v) is 9.92. The number of carbonyl (C=O) groups is 3. The molecule has 0 bridgehead atoms. The van der Waals surface area contributed by atoms with Gasteiger partial charge in [0.15, 0.2) is 16.6 Å². The molecule has 2 aromatic carbocycles. The number of hydrogen-bond donors (Lipinski definition) is 2. The molecule has 2 N–H and O–H groups in total. The predicted octanol–water partition coefficient (Wildman–Crippen LogP) is 2.84. The second-order valence-corrected chi connectivity index (χ2v) is 7.60. The number of carboxylic acids is 1. The van der Waals surface area contributed by atoms with E-state index in [1.165, 1.54) is 44.6 Å². The second-order valence-electron chi connectivity index (χ2n) is 6.05. The lowest BCUT2D eigenvalue weighted by molar-refractivity contribution is -0.122. The summed E-state index contributed by atoms with van der Waals surface area (Å²) in [5.41, 5.74) is 0.829. The van der Waals surface area contributed by atoms with Gasteiger partial charge in [0.05, 0.1) is 29.0 Å². The third-order valence-electron chi connectivity index (χ3n) is 4.24. The molecular formula is C20H15IN2O6S. The molecule has 10 heteroatoms. The Morgan fingerprint density at radius 1 is 1.17 bits per heavy atom. The molecule has 2 aromatic rings. The number of rotatable bonds is 5. The standard InChI is InChI=1S/C20H15IN2O6S/c1-28-15-9-10(8-14(21)16(15)29-2)7-13-17(24)22-20(30)23(18(13)25)12-5-3-11(4-6-12)19(26)27/h3-9H,1-2H3,(H,26,27)(H,22,24,30)/b13-7+. The Morgan fingerprint density at radius 2 is 1.83 bits per heavy atom. The molecule has 154 valence electrons. The summed E-state index contributed by atoms with van der Waals surface area (Å²) >= 11 is 7.22. The summed E-state index contributed by atoms with van der Waals surface area (Å²) in [6, 6.07) is 8.99. The third-order valence-corrected chi connectivity index (χ3v) is 5.33. The number of carboxylic acid groups (broad SMARTS) is 1. The van der Waals surface area contributed by atoms with Crippen LogP contribution in [-0.2, 0) is 9.59 Å². The highest BCUT2D eigenvalue weighted by Crippen LogP contribution is 2.34. The van der Waals surface area contributed by atoms with Crippen molar-refractivity contribution in [2.24, 2.45) is 0 Å². The fourth-order valence-corrected chi connectivity index (χ4v) is 3.96. The van der Waals surface area contributed by atoms with E-state index in [2.05, 4.69) is 27.9 Å². The summed E-state index contributed by atoms with van der Waals surface area (Å²) in [6.07, 6.45) is 1.43.